The molecule has 0 amide bonds. The van der Waals surface area contributed by atoms with Gasteiger partial charge in [0.25, 0.3) is 5.79 Å². The Labute approximate surface area is 69.3 Å². The number of hydrogen-bond donors (Lipinski definition) is 4. The third-order valence-electron chi connectivity index (χ3n) is 2.21. The monoisotopic (exact) mass is 176 g/mol. The van der Waals surface area contributed by atoms with E-state index < -0.39 is 30.2 Å². The second-order valence-corrected chi connectivity index (χ2v) is 3.06. The van der Waals surface area contributed by atoms with Crippen LogP contribution in [0, 0.1) is 5.92 Å². The molecular formula is C7H12O5. The van der Waals surface area contributed by atoms with Gasteiger partial charge in [-0.05, 0) is 12.8 Å². The first kappa shape index (κ1) is 9.60. The molecule has 1 fully saturated rings. The lowest BCUT2D eigenvalue weighted by molar-refractivity contribution is -0.233. The van der Waals surface area contributed by atoms with Gasteiger partial charge in [0.15, 0.2) is 5.78 Å². The summed E-state index contributed by atoms with van der Waals surface area (Å²) in [4.78, 5) is 11.1. The highest BCUT2D eigenvalue weighted by Crippen LogP contribution is 2.27. The van der Waals surface area contributed by atoms with Gasteiger partial charge in [-0.25, -0.2) is 0 Å². The smallest absolute Gasteiger partial charge is 0.251 e. The lowest BCUT2D eigenvalue weighted by atomic mass is 9.82. The van der Waals surface area contributed by atoms with E-state index in [-0.39, 0.29) is 6.42 Å². The van der Waals surface area contributed by atoms with Gasteiger partial charge in [-0.3, -0.25) is 4.79 Å². The molecule has 0 radical (unpaired) electrons. The maximum atomic E-state index is 11.1. The third-order valence-corrected chi connectivity index (χ3v) is 2.21. The minimum Gasteiger partial charge on any atom is -0.396 e. The van der Waals surface area contributed by atoms with E-state index in [1.54, 1.807) is 0 Å². The molecule has 2 unspecified atom stereocenters. The van der Waals surface area contributed by atoms with Crippen molar-refractivity contribution in [3.63, 3.8) is 0 Å². The highest BCUT2D eigenvalue weighted by atomic mass is 16.5. The fraction of sp³-hybridized carbons (Fsp3) is 0.857. The minimum absolute atomic E-state index is 0.115. The van der Waals surface area contributed by atoms with Gasteiger partial charge in [-0.2, -0.15) is 0 Å². The van der Waals surface area contributed by atoms with Crippen LogP contribution in [0.1, 0.15) is 12.8 Å². The van der Waals surface area contributed by atoms with Crippen molar-refractivity contribution in [3.05, 3.63) is 0 Å². The zero-order valence-electron chi connectivity index (χ0n) is 6.47. The minimum atomic E-state index is -2.67. The first-order valence-electron chi connectivity index (χ1n) is 3.78. The molecule has 0 aliphatic heterocycles. The van der Waals surface area contributed by atoms with Crippen LogP contribution in [-0.4, -0.2) is 44.7 Å². The molecule has 2 atom stereocenters. The standard InChI is InChI=1S/C7H12O5/c8-3-4-1-2-5(9)7(11,12)6(4)10/h4-5,8-9,11-12H,1-3H2. The van der Waals surface area contributed by atoms with E-state index in [0.29, 0.717) is 6.42 Å². The predicted octanol–water partition coefficient (Wildman–Crippen LogP) is -2.00. The van der Waals surface area contributed by atoms with Crippen molar-refractivity contribution in [2.45, 2.75) is 24.7 Å². The first-order valence-corrected chi connectivity index (χ1v) is 3.78. The zero-order chi connectivity index (χ0) is 9.35. The molecule has 1 rings (SSSR count). The van der Waals surface area contributed by atoms with Crippen LogP contribution in [0.3, 0.4) is 0 Å². The molecule has 0 spiro atoms. The van der Waals surface area contributed by atoms with E-state index in [1.165, 1.54) is 0 Å². The predicted molar refractivity (Wildman–Crippen MR) is 38.0 cm³/mol. The fourth-order valence-electron chi connectivity index (χ4n) is 1.33. The molecule has 12 heavy (non-hydrogen) atoms. The van der Waals surface area contributed by atoms with Crippen LogP contribution >= 0.6 is 0 Å². The van der Waals surface area contributed by atoms with E-state index >= 15 is 0 Å². The van der Waals surface area contributed by atoms with Crippen LogP contribution in [0.2, 0.25) is 0 Å². The lowest BCUT2D eigenvalue weighted by Gasteiger charge is -2.34. The van der Waals surface area contributed by atoms with Gasteiger partial charge in [0.1, 0.15) is 6.10 Å². The van der Waals surface area contributed by atoms with Gasteiger partial charge < -0.3 is 20.4 Å². The molecule has 5 nitrogen and oxygen atoms in total. The van der Waals surface area contributed by atoms with Crippen LogP contribution in [0.5, 0.6) is 0 Å². The SMILES string of the molecule is O=C1C(CO)CCC(O)C1(O)O. The third kappa shape index (κ3) is 1.36. The number of Topliss-reactive ketones (excluding diaryl/α,β-unsaturated/α-hetero) is 1. The number of aliphatic hydroxyl groups excluding tert-OH is 2. The lowest BCUT2D eigenvalue weighted by Crippen LogP contribution is -2.56. The Morgan fingerprint density at radius 1 is 1.42 bits per heavy atom. The second-order valence-electron chi connectivity index (χ2n) is 3.06. The molecule has 0 aromatic carbocycles. The molecular weight excluding hydrogens is 164 g/mol. The number of hydrogen-bond acceptors (Lipinski definition) is 5. The van der Waals surface area contributed by atoms with Gasteiger partial charge in [0, 0.05) is 5.92 Å². The van der Waals surface area contributed by atoms with Crippen molar-refractivity contribution >= 4 is 5.78 Å². The Morgan fingerprint density at radius 2 is 2.00 bits per heavy atom. The molecule has 70 valence electrons. The van der Waals surface area contributed by atoms with Crippen molar-refractivity contribution in [1.82, 2.24) is 0 Å². The normalized spacial score (nSPS) is 35.2. The van der Waals surface area contributed by atoms with Crippen LogP contribution in [-0.2, 0) is 4.79 Å². The Kier molecular flexibility index (Phi) is 2.48. The summed E-state index contributed by atoms with van der Waals surface area (Å²) in [6, 6.07) is 0. The van der Waals surface area contributed by atoms with E-state index in [2.05, 4.69) is 0 Å². The van der Waals surface area contributed by atoms with E-state index in [1.807, 2.05) is 0 Å². The zero-order valence-corrected chi connectivity index (χ0v) is 6.47. The average Bonchev–Trinajstić information content (AvgIpc) is 2.02. The average molecular weight is 176 g/mol. The van der Waals surface area contributed by atoms with Crippen LogP contribution < -0.4 is 0 Å². The number of ketones is 1. The topological polar surface area (TPSA) is 98.0 Å². The van der Waals surface area contributed by atoms with Crippen molar-refractivity contribution in [1.29, 1.82) is 0 Å². The van der Waals surface area contributed by atoms with Crippen molar-refractivity contribution in [2.75, 3.05) is 6.61 Å². The van der Waals surface area contributed by atoms with Crippen molar-refractivity contribution in [2.24, 2.45) is 5.92 Å². The van der Waals surface area contributed by atoms with Gasteiger partial charge >= 0.3 is 0 Å². The summed E-state index contributed by atoms with van der Waals surface area (Å²) in [6.07, 6.45) is -1.03. The summed E-state index contributed by atoms with van der Waals surface area (Å²) < 4.78 is 0. The van der Waals surface area contributed by atoms with Gasteiger partial charge in [0.2, 0.25) is 0 Å². The Morgan fingerprint density at radius 3 is 2.50 bits per heavy atom. The van der Waals surface area contributed by atoms with Crippen LogP contribution in [0.4, 0.5) is 0 Å². The maximum absolute atomic E-state index is 11.1. The molecule has 1 aliphatic rings. The molecule has 1 saturated carbocycles. The van der Waals surface area contributed by atoms with Gasteiger partial charge in [-0.1, -0.05) is 0 Å². The van der Waals surface area contributed by atoms with E-state index in [0.717, 1.165) is 0 Å². The van der Waals surface area contributed by atoms with Crippen LogP contribution in [0.25, 0.3) is 0 Å². The highest BCUT2D eigenvalue weighted by molar-refractivity contribution is 5.89. The van der Waals surface area contributed by atoms with E-state index in [4.69, 9.17) is 20.4 Å². The maximum Gasteiger partial charge on any atom is 0.251 e. The molecule has 0 aromatic heterocycles. The summed E-state index contributed by atoms with van der Waals surface area (Å²) in [5.41, 5.74) is 0. The summed E-state index contributed by atoms with van der Waals surface area (Å²) in [6.45, 7) is -0.408. The number of carbonyl (C=O) groups excluding carboxylic acids is 1. The molecule has 1 aliphatic carbocycles. The summed E-state index contributed by atoms with van der Waals surface area (Å²) in [5, 5.41) is 35.8. The van der Waals surface area contributed by atoms with Crippen molar-refractivity contribution in [3.8, 4) is 0 Å². The van der Waals surface area contributed by atoms with E-state index in [9.17, 15) is 4.79 Å². The summed E-state index contributed by atoms with van der Waals surface area (Å²) in [5.74, 6) is -4.34. The van der Waals surface area contributed by atoms with Crippen LogP contribution in [0.15, 0.2) is 0 Å². The number of carbonyl (C=O) groups is 1. The van der Waals surface area contributed by atoms with Gasteiger partial charge in [-0.15, -0.1) is 0 Å². The number of rotatable bonds is 1. The largest absolute Gasteiger partial charge is 0.396 e. The second kappa shape index (κ2) is 3.10. The highest BCUT2D eigenvalue weighted by Gasteiger charge is 2.48. The molecule has 0 saturated heterocycles. The summed E-state index contributed by atoms with van der Waals surface area (Å²) >= 11 is 0. The molecule has 4 N–H and O–H groups in total. The summed E-state index contributed by atoms with van der Waals surface area (Å²) in [7, 11) is 0. The fourth-order valence-corrected chi connectivity index (χ4v) is 1.33. The molecule has 0 heterocycles. The Bertz CT molecular complexity index is 188. The molecule has 5 heteroatoms. The quantitative estimate of drug-likeness (QED) is 0.346. The Balaban J connectivity index is 2.78. The Hall–Kier alpha value is -0.490. The van der Waals surface area contributed by atoms with Crippen molar-refractivity contribution < 1.29 is 25.2 Å². The number of aliphatic hydroxyl groups is 4. The molecule has 0 aromatic rings. The van der Waals surface area contributed by atoms with Gasteiger partial charge in [0.05, 0.1) is 6.61 Å². The first-order chi connectivity index (χ1) is 5.50. The molecule has 0 bridgehead atoms.